The molecule has 0 aliphatic carbocycles. The Labute approximate surface area is 157 Å². The van der Waals surface area contributed by atoms with Crippen LogP contribution in [0.4, 0.5) is 11.4 Å². The standard InChI is InChI=1S/C18H25N3O6/c1-13-4-3-8-20(11-13)17(22)12-27-18(23)14-5-6-15(19-7-9-26-2)16(10-14)21(24)25/h5-6,10,13,19H,3-4,7-9,11-12H2,1-2H3/t13-/m0/s1. The average Bonchev–Trinajstić information content (AvgIpc) is 2.66. The molecule has 2 rings (SSSR count). The van der Waals surface area contributed by atoms with Gasteiger partial charge in [0, 0.05) is 32.8 Å². The number of piperidine rings is 1. The van der Waals surface area contributed by atoms with Crippen molar-refractivity contribution in [2.24, 2.45) is 5.92 Å². The van der Waals surface area contributed by atoms with Gasteiger partial charge in [0.15, 0.2) is 6.61 Å². The molecule has 9 nitrogen and oxygen atoms in total. The highest BCUT2D eigenvalue weighted by Gasteiger charge is 2.23. The van der Waals surface area contributed by atoms with E-state index < -0.39 is 10.9 Å². The van der Waals surface area contributed by atoms with Gasteiger partial charge < -0.3 is 19.7 Å². The van der Waals surface area contributed by atoms with Gasteiger partial charge in [-0.1, -0.05) is 6.92 Å². The zero-order chi connectivity index (χ0) is 19.8. The Hall–Kier alpha value is -2.68. The van der Waals surface area contributed by atoms with Crippen molar-refractivity contribution in [3.05, 3.63) is 33.9 Å². The lowest BCUT2D eigenvalue weighted by molar-refractivity contribution is -0.384. The minimum absolute atomic E-state index is 0.0267. The van der Waals surface area contributed by atoms with Crippen molar-refractivity contribution in [3.8, 4) is 0 Å². The topological polar surface area (TPSA) is 111 Å². The molecule has 1 heterocycles. The summed E-state index contributed by atoms with van der Waals surface area (Å²) in [5, 5.41) is 14.1. The zero-order valence-electron chi connectivity index (χ0n) is 15.6. The summed E-state index contributed by atoms with van der Waals surface area (Å²) >= 11 is 0. The molecular weight excluding hydrogens is 354 g/mol. The van der Waals surface area contributed by atoms with Gasteiger partial charge in [-0.25, -0.2) is 4.79 Å². The molecule has 1 fully saturated rings. The monoisotopic (exact) mass is 379 g/mol. The van der Waals surface area contributed by atoms with Gasteiger partial charge in [0.2, 0.25) is 0 Å². The molecule has 0 spiro atoms. The number of nitro groups is 1. The van der Waals surface area contributed by atoms with Crippen molar-refractivity contribution >= 4 is 23.3 Å². The normalized spacial score (nSPS) is 16.7. The van der Waals surface area contributed by atoms with Crippen molar-refractivity contribution in [3.63, 3.8) is 0 Å². The molecule has 1 N–H and O–H groups in total. The van der Waals surface area contributed by atoms with Crippen LogP contribution >= 0.6 is 0 Å². The average molecular weight is 379 g/mol. The zero-order valence-corrected chi connectivity index (χ0v) is 15.6. The summed E-state index contributed by atoms with van der Waals surface area (Å²) in [7, 11) is 1.53. The molecule has 9 heteroatoms. The Morgan fingerprint density at radius 2 is 2.19 bits per heavy atom. The molecule has 0 aromatic heterocycles. The van der Waals surface area contributed by atoms with Crippen LogP contribution < -0.4 is 5.32 Å². The summed E-state index contributed by atoms with van der Waals surface area (Å²) in [6, 6.07) is 4.02. The van der Waals surface area contributed by atoms with Gasteiger partial charge in [0.05, 0.1) is 17.1 Å². The van der Waals surface area contributed by atoms with E-state index in [1.807, 2.05) is 0 Å². The van der Waals surface area contributed by atoms with Crippen molar-refractivity contribution in [1.29, 1.82) is 0 Å². The molecule has 1 aliphatic rings. The maximum absolute atomic E-state index is 12.2. The van der Waals surface area contributed by atoms with E-state index in [1.54, 1.807) is 4.90 Å². The molecule has 0 bridgehead atoms. The smallest absolute Gasteiger partial charge is 0.338 e. The maximum atomic E-state index is 12.2. The van der Waals surface area contributed by atoms with Crippen molar-refractivity contribution in [2.75, 3.05) is 45.3 Å². The molecule has 1 amide bonds. The molecule has 1 aliphatic heterocycles. The fourth-order valence-corrected chi connectivity index (χ4v) is 2.96. The van der Waals surface area contributed by atoms with Crippen LogP contribution in [0, 0.1) is 16.0 Å². The number of likely N-dealkylation sites (tertiary alicyclic amines) is 1. The van der Waals surface area contributed by atoms with Crippen LogP contribution in [0.25, 0.3) is 0 Å². The van der Waals surface area contributed by atoms with Crippen LogP contribution in [0.15, 0.2) is 18.2 Å². The molecule has 1 saturated heterocycles. The van der Waals surface area contributed by atoms with Gasteiger partial charge >= 0.3 is 5.97 Å². The second kappa shape index (κ2) is 9.86. The number of hydrogen-bond donors (Lipinski definition) is 1. The number of anilines is 1. The number of nitro benzene ring substituents is 1. The first-order valence-electron chi connectivity index (χ1n) is 8.88. The summed E-state index contributed by atoms with van der Waals surface area (Å²) in [6.07, 6.45) is 2.02. The third kappa shape index (κ3) is 5.92. The van der Waals surface area contributed by atoms with Crippen LogP contribution in [-0.4, -0.2) is 61.7 Å². The second-order valence-electron chi connectivity index (χ2n) is 6.57. The summed E-state index contributed by atoms with van der Waals surface area (Å²) in [6.45, 7) is 3.81. The number of carbonyl (C=O) groups excluding carboxylic acids is 2. The molecular formula is C18H25N3O6. The van der Waals surface area contributed by atoms with E-state index in [0.717, 1.165) is 18.9 Å². The highest BCUT2D eigenvalue weighted by molar-refractivity contribution is 5.93. The van der Waals surface area contributed by atoms with E-state index in [4.69, 9.17) is 9.47 Å². The third-order valence-electron chi connectivity index (χ3n) is 4.39. The second-order valence-corrected chi connectivity index (χ2v) is 6.57. The lowest BCUT2D eigenvalue weighted by Gasteiger charge is -2.30. The summed E-state index contributed by atoms with van der Waals surface area (Å²) in [5.74, 6) is -0.582. The Balaban J connectivity index is 1.97. The quantitative estimate of drug-likeness (QED) is 0.318. The number of amides is 1. The van der Waals surface area contributed by atoms with E-state index in [2.05, 4.69) is 12.2 Å². The van der Waals surface area contributed by atoms with Gasteiger partial charge in [-0.15, -0.1) is 0 Å². The van der Waals surface area contributed by atoms with Gasteiger partial charge in [0.1, 0.15) is 5.69 Å². The Morgan fingerprint density at radius 3 is 2.85 bits per heavy atom. The number of carbonyl (C=O) groups is 2. The number of hydrogen-bond acceptors (Lipinski definition) is 7. The molecule has 148 valence electrons. The Bertz CT molecular complexity index is 694. The van der Waals surface area contributed by atoms with E-state index in [-0.39, 0.29) is 29.5 Å². The van der Waals surface area contributed by atoms with Crippen LogP contribution in [-0.2, 0) is 14.3 Å². The first-order chi connectivity index (χ1) is 12.9. The van der Waals surface area contributed by atoms with Crippen LogP contribution in [0.2, 0.25) is 0 Å². The minimum Gasteiger partial charge on any atom is -0.452 e. The number of esters is 1. The third-order valence-corrected chi connectivity index (χ3v) is 4.39. The lowest BCUT2D eigenvalue weighted by atomic mass is 10.0. The van der Waals surface area contributed by atoms with E-state index in [1.165, 1.54) is 19.2 Å². The minimum atomic E-state index is -0.764. The number of methoxy groups -OCH3 is 1. The fourth-order valence-electron chi connectivity index (χ4n) is 2.96. The summed E-state index contributed by atoms with van der Waals surface area (Å²) in [5.41, 5.74) is 0.0718. The highest BCUT2D eigenvalue weighted by Crippen LogP contribution is 2.26. The first-order valence-corrected chi connectivity index (χ1v) is 8.88. The van der Waals surface area contributed by atoms with Crippen molar-refractivity contribution < 1.29 is 24.0 Å². The molecule has 0 saturated carbocycles. The van der Waals surface area contributed by atoms with Gasteiger partial charge in [0.25, 0.3) is 11.6 Å². The van der Waals surface area contributed by atoms with Crippen molar-refractivity contribution in [2.45, 2.75) is 19.8 Å². The maximum Gasteiger partial charge on any atom is 0.338 e. The number of benzene rings is 1. The first kappa shape index (κ1) is 20.6. The van der Waals surface area contributed by atoms with Gasteiger partial charge in [-0.2, -0.15) is 0 Å². The van der Waals surface area contributed by atoms with Crippen molar-refractivity contribution in [1.82, 2.24) is 4.90 Å². The molecule has 27 heavy (non-hydrogen) atoms. The van der Waals surface area contributed by atoms with Crippen LogP contribution in [0.3, 0.4) is 0 Å². The largest absolute Gasteiger partial charge is 0.452 e. The number of rotatable bonds is 8. The van der Waals surface area contributed by atoms with E-state index in [9.17, 15) is 19.7 Å². The highest BCUT2D eigenvalue weighted by atomic mass is 16.6. The van der Waals surface area contributed by atoms with E-state index in [0.29, 0.717) is 32.2 Å². The van der Waals surface area contributed by atoms with Gasteiger partial charge in [-0.05, 0) is 30.9 Å². The Kier molecular flexibility index (Phi) is 7.54. The molecule has 0 radical (unpaired) electrons. The fraction of sp³-hybridized carbons (Fsp3) is 0.556. The number of nitrogens with zero attached hydrogens (tertiary/aromatic N) is 2. The molecule has 1 atom stereocenters. The predicted octanol–water partition coefficient (Wildman–Crippen LogP) is 2.07. The van der Waals surface area contributed by atoms with Crippen LogP contribution in [0.5, 0.6) is 0 Å². The SMILES string of the molecule is COCCNc1ccc(C(=O)OCC(=O)N2CCC[C@H](C)C2)cc1[N+](=O)[O-]. The number of ether oxygens (including phenoxy) is 2. The Morgan fingerprint density at radius 1 is 1.41 bits per heavy atom. The summed E-state index contributed by atoms with van der Waals surface area (Å²) < 4.78 is 9.95. The lowest BCUT2D eigenvalue weighted by Crippen LogP contribution is -2.41. The van der Waals surface area contributed by atoms with E-state index >= 15 is 0 Å². The van der Waals surface area contributed by atoms with Crippen LogP contribution in [0.1, 0.15) is 30.1 Å². The number of nitrogens with one attached hydrogen (secondary N) is 1. The molecule has 1 aromatic carbocycles. The predicted molar refractivity (Wildman–Crippen MR) is 98.7 cm³/mol. The van der Waals surface area contributed by atoms with Gasteiger partial charge in [-0.3, -0.25) is 14.9 Å². The molecule has 1 aromatic rings. The molecule has 0 unspecified atom stereocenters. The summed E-state index contributed by atoms with van der Waals surface area (Å²) in [4.78, 5) is 36.7.